The molecule has 0 aromatic rings. The summed E-state index contributed by atoms with van der Waals surface area (Å²) in [6, 6.07) is 0. The van der Waals surface area contributed by atoms with E-state index in [1.54, 1.807) is 21.3 Å². The highest BCUT2D eigenvalue weighted by atomic mass is 16.5. The Morgan fingerprint density at radius 2 is 1.04 bits per heavy atom. The van der Waals surface area contributed by atoms with Crippen LogP contribution in [-0.2, 0) is 28.5 Å². The monoisotopic (exact) mass is 372 g/mol. The molecule has 0 amide bonds. The van der Waals surface area contributed by atoms with E-state index in [1.165, 1.54) is 14.0 Å². The maximum absolute atomic E-state index is 10.2. The number of methoxy groups -OCH3 is 4. The van der Waals surface area contributed by atoms with Crippen LogP contribution in [0.2, 0.25) is 0 Å². The maximum atomic E-state index is 10.2. The van der Waals surface area contributed by atoms with Gasteiger partial charge < -0.3 is 39.0 Å². The first kappa shape index (κ1) is 29.0. The van der Waals surface area contributed by atoms with Crippen LogP contribution >= 0.6 is 0 Å². The van der Waals surface area contributed by atoms with Gasteiger partial charge in [0.25, 0.3) is 0 Å². The summed E-state index contributed by atoms with van der Waals surface area (Å²) < 4.78 is 23.0. The first-order chi connectivity index (χ1) is 11.8. The lowest BCUT2D eigenvalue weighted by molar-refractivity contribution is -0.144. The van der Waals surface area contributed by atoms with Crippen LogP contribution in [0.4, 0.5) is 0 Å². The highest BCUT2D eigenvalue weighted by molar-refractivity contribution is 5.65. The molecule has 0 saturated carbocycles. The molecule has 0 aliphatic carbocycles. The van der Waals surface area contributed by atoms with E-state index in [9.17, 15) is 4.79 Å². The molecule has 3 N–H and O–H groups in total. The van der Waals surface area contributed by atoms with Gasteiger partial charge in [-0.05, 0) is 6.42 Å². The van der Waals surface area contributed by atoms with Crippen molar-refractivity contribution in [2.24, 2.45) is 0 Å². The molecule has 9 nitrogen and oxygen atoms in total. The van der Waals surface area contributed by atoms with Crippen LogP contribution < -0.4 is 0 Å². The predicted molar refractivity (Wildman–Crippen MR) is 92.4 cm³/mol. The van der Waals surface area contributed by atoms with Crippen LogP contribution in [0.3, 0.4) is 0 Å². The molecule has 0 bridgehead atoms. The van der Waals surface area contributed by atoms with Crippen LogP contribution in [0.15, 0.2) is 0 Å². The van der Waals surface area contributed by atoms with Crippen molar-refractivity contribution in [3.8, 4) is 0 Å². The van der Waals surface area contributed by atoms with Gasteiger partial charge in [0, 0.05) is 35.4 Å². The quantitative estimate of drug-likeness (QED) is 0.416. The number of carbonyl (C=O) groups excluding carboxylic acids is 1. The molecule has 0 spiro atoms. The summed E-state index contributed by atoms with van der Waals surface area (Å²) in [5.41, 5.74) is 0. The largest absolute Gasteiger partial charge is 0.463 e. The standard InChI is InChI=1S/C6H12O4.C5H12O3.C5H12O2/c1-5(7)10-4-6(8)3-9-2;1-7-3-5(6)4-8-2;1-3-5(6)4-7-2/h6,8H,3-4H2,1-2H3;5-6H,3-4H2,1-2H3;5-6H,3-4H2,1-2H3. The van der Waals surface area contributed by atoms with E-state index < -0.39 is 18.2 Å². The molecule has 0 aliphatic rings. The Balaban J connectivity index is -0.000000296. The number of esters is 1. The van der Waals surface area contributed by atoms with Crippen molar-refractivity contribution >= 4 is 5.97 Å². The zero-order valence-electron chi connectivity index (χ0n) is 16.3. The summed E-state index contributed by atoms with van der Waals surface area (Å²) in [6.07, 6.45) is -0.697. The van der Waals surface area contributed by atoms with Gasteiger partial charge in [-0.2, -0.15) is 0 Å². The molecule has 0 heterocycles. The molecular formula is C16H36O9. The molecule has 0 aromatic carbocycles. The van der Waals surface area contributed by atoms with E-state index in [4.69, 9.17) is 15.3 Å². The summed E-state index contributed by atoms with van der Waals surface area (Å²) in [5, 5.41) is 26.4. The predicted octanol–water partition coefficient (Wildman–Crippen LogP) is -0.399. The summed E-state index contributed by atoms with van der Waals surface area (Å²) in [5.74, 6) is -0.393. The topological polar surface area (TPSA) is 124 Å². The third kappa shape index (κ3) is 31.5. The third-order valence-corrected chi connectivity index (χ3v) is 2.39. The summed E-state index contributed by atoms with van der Waals surface area (Å²) >= 11 is 0. The number of hydrogen-bond donors (Lipinski definition) is 3. The molecule has 25 heavy (non-hydrogen) atoms. The van der Waals surface area contributed by atoms with Crippen molar-refractivity contribution in [1.82, 2.24) is 0 Å². The molecule has 9 heteroatoms. The van der Waals surface area contributed by atoms with Crippen molar-refractivity contribution < 1.29 is 43.8 Å². The van der Waals surface area contributed by atoms with Crippen LogP contribution in [-0.4, -0.2) is 101 Å². The number of aliphatic hydroxyl groups excluding tert-OH is 3. The van der Waals surface area contributed by atoms with E-state index >= 15 is 0 Å². The van der Waals surface area contributed by atoms with Crippen molar-refractivity contribution in [1.29, 1.82) is 0 Å². The van der Waals surface area contributed by atoms with Gasteiger partial charge in [-0.3, -0.25) is 4.79 Å². The smallest absolute Gasteiger partial charge is 0.302 e. The molecule has 0 radical (unpaired) electrons. The summed E-state index contributed by atoms with van der Waals surface area (Å²) in [6.45, 7) is 4.54. The Morgan fingerprint density at radius 3 is 1.28 bits per heavy atom. The maximum Gasteiger partial charge on any atom is 0.302 e. The zero-order chi connectivity index (χ0) is 20.1. The second kappa shape index (κ2) is 23.2. The van der Waals surface area contributed by atoms with E-state index in [1.807, 2.05) is 6.92 Å². The Hall–Kier alpha value is -0.810. The van der Waals surface area contributed by atoms with Crippen molar-refractivity contribution in [3.05, 3.63) is 0 Å². The van der Waals surface area contributed by atoms with Gasteiger partial charge in [-0.15, -0.1) is 0 Å². The Kier molecular flexibility index (Phi) is 26.9. The molecular weight excluding hydrogens is 336 g/mol. The fourth-order valence-electron chi connectivity index (χ4n) is 1.20. The van der Waals surface area contributed by atoms with Gasteiger partial charge in [-0.25, -0.2) is 0 Å². The average Bonchev–Trinajstić information content (AvgIpc) is 2.55. The van der Waals surface area contributed by atoms with Crippen LogP contribution in [0.25, 0.3) is 0 Å². The lowest BCUT2D eigenvalue weighted by Crippen LogP contribution is -2.22. The summed E-state index contributed by atoms with van der Waals surface area (Å²) in [7, 11) is 6.13. The number of aliphatic hydroxyl groups is 3. The van der Waals surface area contributed by atoms with Crippen LogP contribution in [0.1, 0.15) is 20.3 Å². The van der Waals surface area contributed by atoms with Crippen molar-refractivity contribution in [2.75, 3.05) is 61.5 Å². The van der Waals surface area contributed by atoms with Crippen LogP contribution in [0, 0.1) is 0 Å². The van der Waals surface area contributed by atoms with Gasteiger partial charge in [-0.1, -0.05) is 6.92 Å². The molecule has 0 fully saturated rings. The molecule has 0 aromatic heterocycles. The van der Waals surface area contributed by atoms with Crippen molar-refractivity contribution in [2.45, 2.75) is 38.6 Å². The van der Waals surface area contributed by atoms with E-state index in [0.717, 1.165) is 6.42 Å². The lowest BCUT2D eigenvalue weighted by Gasteiger charge is -2.07. The minimum atomic E-state index is -0.714. The molecule has 0 rings (SSSR count). The fraction of sp³-hybridized carbons (Fsp3) is 0.938. The molecule has 0 saturated heterocycles. The van der Waals surface area contributed by atoms with Gasteiger partial charge in [0.1, 0.15) is 18.8 Å². The number of hydrogen-bond acceptors (Lipinski definition) is 9. The molecule has 2 atom stereocenters. The van der Waals surface area contributed by atoms with Gasteiger partial charge in [0.05, 0.1) is 32.5 Å². The first-order valence-electron chi connectivity index (χ1n) is 7.92. The van der Waals surface area contributed by atoms with Gasteiger partial charge >= 0.3 is 5.97 Å². The van der Waals surface area contributed by atoms with Gasteiger partial charge in [0.2, 0.25) is 0 Å². The highest BCUT2D eigenvalue weighted by Gasteiger charge is 2.04. The number of rotatable bonds is 11. The number of ether oxygens (including phenoxy) is 5. The van der Waals surface area contributed by atoms with Gasteiger partial charge in [0.15, 0.2) is 0 Å². The third-order valence-electron chi connectivity index (χ3n) is 2.39. The molecule has 2 unspecified atom stereocenters. The van der Waals surface area contributed by atoms with E-state index in [-0.39, 0.29) is 19.3 Å². The Labute approximate surface area is 150 Å². The zero-order valence-corrected chi connectivity index (χ0v) is 16.3. The van der Waals surface area contributed by atoms with E-state index in [0.29, 0.717) is 19.8 Å². The average molecular weight is 372 g/mol. The lowest BCUT2D eigenvalue weighted by atomic mass is 10.3. The second-order valence-corrected chi connectivity index (χ2v) is 4.99. The normalized spacial score (nSPS) is 12.4. The van der Waals surface area contributed by atoms with E-state index in [2.05, 4.69) is 23.7 Å². The Morgan fingerprint density at radius 1 is 0.720 bits per heavy atom. The fourth-order valence-corrected chi connectivity index (χ4v) is 1.20. The minimum absolute atomic E-state index is 0.00315. The first-order valence-corrected chi connectivity index (χ1v) is 7.92. The summed E-state index contributed by atoms with van der Waals surface area (Å²) in [4.78, 5) is 10.2. The minimum Gasteiger partial charge on any atom is -0.463 e. The molecule has 154 valence electrons. The SMILES string of the molecule is CCC(O)COC.COCC(O)COC.COCC(O)COC(C)=O. The molecule has 0 aliphatic heterocycles. The number of carbonyl (C=O) groups is 1. The van der Waals surface area contributed by atoms with Crippen molar-refractivity contribution in [3.63, 3.8) is 0 Å². The second-order valence-electron chi connectivity index (χ2n) is 4.99. The Bertz CT molecular complexity index is 258. The highest BCUT2D eigenvalue weighted by Crippen LogP contribution is 1.87. The van der Waals surface area contributed by atoms with Crippen LogP contribution in [0.5, 0.6) is 0 Å².